The molecule has 6 heteroatoms. The van der Waals surface area contributed by atoms with Crippen LogP contribution in [0.25, 0.3) is 11.0 Å². The zero-order valence-corrected chi connectivity index (χ0v) is 21.4. The van der Waals surface area contributed by atoms with Gasteiger partial charge in [0.1, 0.15) is 5.82 Å². The maximum absolute atomic E-state index is 13.5. The van der Waals surface area contributed by atoms with Crippen molar-refractivity contribution in [1.29, 1.82) is 0 Å². The lowest BCUT2D eigenvalue weighted by atomic mass is 9.96. The largest absolute Gasteiger partial charge is 0.340 e. The van der Waals surface area contributed by atoms with E-state index in [1.54, 1.807) is 0 Å². The summed E-state index contributed by atoms with van der Waals surface area (Å²) in [5.41, 5.74) is 5.79. The first-order valence-electron chi connectivity index (χ1n) is 12.5. The van der Waals surface area contributed by atoms with E-state index < -0.39 is 0 Å². The average molecular weight is 513 g/mol. The fourth-order valence-corrected chi connectivity index (χ4v) is 5.30. The number of piperazine rings is 1. The molecule has 4 aromatic carbocycles. The average Bonchev–Trinajstić information content (AvgIpc) is 3.30. The Bertz CT molecular complexity index is 1390. The molecule has 0 atom stereocenters. The lowest BCUT2D eigenvalue weighted by molar-refractivity contribution is 0.211. The van der Waals surface area contributed by atoms with Crippen LogP contribution in [0.4, 0.5) is 10.3 Å². The third kappa shape index (κ3) is 5.24. The number of benzene rings is 4. The van der Waals surface area contributed by atoms with Gasteiger partial charge in [0.2, 0.25) is 5.95 Å². The van der Waals surface area contributed by atoms with Crippen molar-refractivity contribution in [2.75, 3.05) is 31.1 Å². The van der Waals surface area contributed by atoms with E-state index in [0.717, 1.165) is 48.7 Å². The number of aromatic nitrogens is 2. The fraction of sp³-hybridized carbons (Fsp3) is 0.194. The molecule has 1 fully saturated rings. The second kappa shape index (κ2) is 11.2. The third-order valence-electron chi connectivity index (χ3n) is 7.08. The number of nitrogens with zero attached hydrogens (tertiary/aromatic N) is 4. The van der Waals surface area contributed by atoms with Crippen molar-refractivity contribution < 1.29 is 4.39 Å². The Morgan fingerprint density at radius 2 is 1.24 bits per heavy atom. The molecule has 0 amide bonds. The molecular formula is C31H30ClFN4. The summed E-state index contributed by atoms with van der Waals surface area (Å²) in [5.74, 6) is 0.771. The van der Waals surface area contributed by atoms with Crippen LogP contribution in [0.2, 0.25) is 0 Å². The summed E-state index contributed by atoms with van der Waals surface area (Å²) in [6.07, 6.45) is 0. The molecule has 188 valence electrons. The Morgan fingerprint density at radius 1 is 0.676 bits per heavy atom. The van der Waals surface area contributed by atoms with Crippen LogP contribution >= 0.6 is 12.4 Å². The second-order valence-corrected chi connectivity index (χ2v) is 9.36. The summed E-state index contributed by atoms with van der Waals surface area (Å²) in [6.45, 7) is 4.32. The molecule has 1 aromatic heterocycles. The maximum Gasteiger partial charge on any atom is 0.206 e. The van der Waals surface area contributed by atoms with Crippen molar-refractivity contribution in [2.24, 2.45) is 0 Å². The van der Waals surface area contributed by atoms with Crippen LogP contribution in [-0.2, 0) is 6.54 Å². The van der Waals surface area contributed by atoms with E-state index in [9.17, 15) is 4.39 Å². The highest BCUT2D eigenvalue weighted by Crippen LogP contribution is 2.31. The predicted octanol–water partition coefficient (Wildman–Crippen LogP) is 6.56. The molecule has 5 aromatic rings. The van der Waals surface area contributed by atoms with Gasteiger partial charge in [-0.25, -0.2) is 9.37 Å². The Morgan fingerprint density at radius 3 is 1.86 bits per heavy atom. The smallest absolute Gasteiger partial charge is 0.206 e. The first kappa shape index (κ1) is 25.0. The zero-order chi connectivity index (χ0) is 24.3. The van der Waals surface area contributed by atoms with Crippen molar-refractivity contribution in [3.05, 3.63) is 132 Å². The molecule has 0 aliphatic carbocycles. The minimum Gasteiger partial charge on any atom is -0.340 e. The summed E-state index contributed by atoms with van der Waals surface area (Å²) in [6, 6.07) is 36.8. The zero-order valence-electron chi connectivity index (χ0n) is 20.6. The highest BCUT2D eigenvalue weighted by Gasteiger charge is 2.28. The van der Waals surface area contributed by atoms with Crippen LogP contribution in [0, 0.1) is 5.82 Å². The summed E-state index contributed by atoms with van der Waals surface area (Å²) in [7, 11) is 0. The van der Waals surface area contributed by atoms with E-state index in [1.165, 1.54) is 23.3 Å². The van der Waals surface area contributed by atoms with Crippen LogP contribution in [-0.4, -0.2) is 40.6 Å². The number of para-hydroxylation sites is 2. The van der Waals surface area contributed by atoms with E-state index in [-0.39, 0.29) is 24.3 Å². The third-order valence-corrected chi connectivity index (χ3v) is 7.08. The van der Waals surface area contributed by atoms with Gasteiger partial charge in [-0.05, 0) is 41.0 Å². The molecule has 0 N–H and O–H groups in total. The molecule has 6 rings (SSSR count). The van der Waals surface area contributed by atoms with Gasteiger partial charge in [-0.3, -0.25) is 4.90 Å². The van der Waals surface area contributed by atoms with E-state index in [1.807, 2.05) is 18.2 Å². The van der Waals surface area contributed by atoms with Gasteiger partial charge in [0, 0.05) is 26.2 Å². The van der Waals surface area contributed by atoms with Gasteiger partial charge in [-0.15, -0.1) is 12.4 Å². The first-order chi connectivity index (χ1) is 17.8. The van der Waals surface area contributed by atoms with Crippen molar-refractivity contribution in [3.8, 4) is 0 Å². The van der Waals surface area contributed by atoms with Gasteiger partial charge in [-0.2, -0.15) is 0 Å². The van der Waals surface area contributed by atoms with E-state index >= 15 is 0 Å². The molecule has 0 spiro atoms. The van der Waals surface area contributed by atoms with Crippen molar-refractivity contribution in [1.82, 2.24) is 14.5 Å². The standard InChI is InChI=1S/C31H29FN4.ClH/c32-27-17-15-24(16-18-27)23-36-29-14-8-7-13-28(29)33-31(36)35-21-19-34(20-22-35)30(25-9-3-1-4-10-25)26-11-5-2-6-12-26;/h1-18,30H,19-23H2;1H. The minimum atomic E-state index is -0.211. The number of imidazole rings is 1. The molecular weight excluding hydrogens is 483 g/mol. The quantitative estimate of drug-likeness (QED) is 0.257. The fourth-order valence-electron chi connectivity index (χ4n) is 5.30. The SMILES string of the molecule is Cl.Fc1ccc(Cn2c(N3CCN(C(c4ccccc4)c4ccccc4)CC3)nc3ccccc32)cc1. The van der Waals surface area contributed by atoms with Crippen molar-refractivity contribution in [2.45, 2.75) is 12.6 Å². The molecule has 0 saturated carbocycles. The first-order valence-corrected chi connectivity index (χ1v) is 12.5. The van der Waals surface area contributed by atoms with Gasteiger partial charge < -0.3 is 9.47 Å². The minimum absolute atomic E-state index is 0. The van der Waals surface area contributed by atoms with Crippen molar-refractivity contribution in [3.63, 3.8) is 0 Å². The van der Waals surface area contributed by atoms with Crippen molar-refractivity contribution >= 4 is 29.4 Å². The van der Waals surface area contributed by atoms with E-state index in [2.05, 4.69) is 93.2 Å². The number of rotatable bonds is 6. The molecule has 1 aliphatic rings. The molecule has 1 saturated heterocycles. The molecule has 0 radical (unpaired) electrons. The van der Waals surface area contributed by atoms with E-state index in [0.29, 0.717) is 6.54 Å². The predicted molar refractivity (Wildman–Crippen MR) is 151 cm³/mol. The van der Waals surface area contributed by atoms with Crippen LogP contribution in [0.1, 0.15) is 22.7 Å². The Balaban J connectivity index is 0.00000280. The summed E-state index contributed by atoms with van der Waals surface area (Å²) in [4.78, 5) is 10.0. The highest BCUT2D eigenvalue weighted by molar-refractivity contribution is 5.85. The van der Waals surface area contributed by atoms with Gasteiger partial charge in [0.05, 0.1) is 23.6 Å². The number of hydrogen-bond acceptors (Lipinski definition) is 3. The highest BCUT2D eigenvalue weighted by atomic mass is 35.5. The van der Waals surface area contributed by atoms with Gasteiger partial charge in [0.25, 0.3) is 0 Å². The van der Waals surface area contributed by atoms with Gasteiger partial charge in [-0.1, -0.05) is 84.9 Å². The summed E-state index contributed by atoms with van der Waals surface area (Å²) >= 11 is 0. The number of hydrogen-bond donors (Lipinski definition) is 0. The number of anilines is 1. The molecule has 1 aliphatic heterocycles. The van der Waals surface area contributed by atoms with Crippen LogP contribution in [0.15, 0.2) is 109 Å². The summed E-state index contributed by atoms with van der Waals surface area (Å²) < 4.78 is 15.8. The molecule has 4 nitrogen and oxygen atoms in total. The lowest BCUT2D eigenvalue weighted by Crippen LogP contribution is -2.48. The molecule has 2 heterocycles. The van der Waals surface area contributed by atoms with Gasteiger partial charge in [0.15, 0.2) is 0 Å². The normalized spacial score (nSPS) is 14.2. The topological polar surface area (TPSA) is 24.3 Å². The van der Waals surface area contributed by atoms with Crippen LogP contribution < -0.4 is 4.90 Å². The van der Waals surface area contributed by atoms with E-state index in [4.69, 9.17) is 4.98 Å². The Kier molecular flexibility index (Phi) is 7.54. The second-order valence-electron chi connectivity index (χ2n) is 9.36. The number of fused-ring (bicyclic) bond motifs is 1. The monoisotopic (exact) mass is 512 g/mol. The molecule has 37 heavy (non-hydrogen) atoms. The lowest BCUT2D eigenvalue weighted by Gasteiger charge is -2.40. The Labute approximate surface area is 223 Å². The molecule has 0 bridgehead atoms. The van der Waals surface area contributed by atoms with Crippen LogP contribution in [0.3, 0.4) is 0 Å². The Hall–Kier alpha value is -3.67. The van der Waals surface area contributed by atoms with Gasteiger partial charge >= 0.3 is 0 Å². The molecule has 0 unspecified atom stereocenters. The van der Waals surface area contributed by atoms with Crippen LogP contribution in [0.5, 0.6) is 0 Å². The number of halogens is 2. The summed E-state index contributed by atoms with van der Waals surface area (Å²) in [5, 5.41) is 0. The maximum atomic E-state index is 13.5.